The fourth-order valence-corrected chi connectivity index (χ4v) is 2.67. The van der Waals surface area contributed by atoms with Crippen molar-refractivity contribution in [1.82, 2.24) is 4.90 Å². The zero-order valence-electron chi connectivity index (χ0n) is 12.3. The molecule has 2 rings (SSSR count). The minimum absolute atomic E-state index is 0.0292. The van der Waals surface area contributed by atoms with Crippen LogP contribution in [0.4, 0.5) is 0 Å². The van der Waals surface area contributed by atoms with E-state index in [4.69, 9.17) is 10.5 Å². The molecule has 20 heavy (non-hydrogen) atoms. The van der Waals surface area contributed by atoms with Crippen LogP contribution in [0, 0.1) is 0 Å². The highest BCUT2D eigenvalue weighted by atomic mass is 16.5. The van der Waals surface area contributed by atoms with Crippen molar-refractivity contribution in [2.45, 2.75) is 31.4 Å². The van der Waals surface area contributed by atoms with E-state index in [-0.39, 0.29) is 6.61 Å². The summed E-state index contributed by atoms with van der Waals surface area (Å²) in [5.74, 6) is 0. The van der Waals surface area contributed by atoms with Gasteiger partial charge in [-0.05, 0) is 18.4 Å². The van der Waals surface area contributed by atoms with Crippen LogP contribution >= 0.6 is 0 Å². The monoisotopic (exact) mass is 278 g/mol. The van der Waals surface area contributed by atoms with Gasteiger partial charge in [-0.15, -0.1) is 0 Å². The molecule has 1 heterocycles. The first-order chi connectivity index (χ1) is 9.68. The third kappa shape index (κ3) is 3.79. The second-order valence-electron chi connectivity index (χ2n) is 5.63. The van der Waals surface area contributed by atoms with Gasteiger partial charge in [0, 0.05) is 19.6 Å². The summed E-state index contributed by atoms with van der Waals surface area (Å²) in [6.07, 6.45) is 2.13. The molecule has 0 spiro atoms. The summed E-state index contributed by atoms with van der Waals surface area (Å²) in [6, 6.07) is 9.88. The Morgan fingerprint density at radius 2 is 2.15 bits per heavy atom. The van der Waals surface area contributed by atoms with Crippen molar-refractivity contribution in [2.75, 3.05) is 32.8 Å². The first-order valence-electron chi connectivity index (χ1n) is 7.47. The molecule has 1 aromatic rings. The molecule has 0 radical (unpaired) electrons. The third-order valence-electron chi connectivity index (χ3n) is 4.18. The maximum atomic E-state index is 9.70. The van der Waals surface area contributed by atoms with E-state index in [0.29, 0.717) is 6.10 Å². The number of hydrogen-bond donors (Lipinski definition) is 2. The lowest BCUT2D eigenvalue weighted by Gasteiger charge is -2.35. The zero-order chi connectivity index (χ0) is 14.4. The summed E-state index contributed by atoms with van der Waals surface area (Å²) in [5.41, 5.74) is 6.75. The SMILES string of the molecule is CCC1CN(CCC(N)(CO)c2ccccc2)CCO1. The Balaban J connectivity index is 1.93. The van der Waals surface area contributed by atoms with Gasteiger partial charge in [0.2, 0.25) is 0 Å². The maximum absolute atomic E-state index is 9.70. The molecule has 1 aliphatic rings. The Morgan fingerprint density at radius 1 is 1.40 bits per heavy atom. The number of nitrogens with two attached hydrogens (primary N) is 1. The fourth-order valence-electron chi connectivity index (χ4n) is 2.67. The molecule has 1 fully saturated rings. The molecule has 0 aromatic heterocycles. The second kappa shape index (κ2) is 7.18. The predicted octanol–water partition coefficient (Wildman–Crippen LogP) is 1.33. The van der Waals surface area contributed by atoms with Crippen LogP contribution in [0.2, 0.25) is 0 Å². The van der Waals surface area contributed by atoms with E-state index in [9.17, 15) is 5.11 Å². The van der Waals surface area contributed by atoms with Gasteiger partial charge in [-0.25, -0.2) is 0 Å². The normalized spacial score (nSPS) is 23.4. The van der Waals surface area contributed by atoms with Crippen LogP contribution in [-0.2, 0) is 10.3 Å². The molecular weight excluding hydrogens is 252 g/mol. The summed E-state index contributed by atoms with van der Waals surface area (Å²) >= 11 is 0. The van der Waals surface area contributed by atoms with Crippen molar-refractivity contribution >= 4 is 0 Å². The number of aliphatic hydroxyl groups is 1. The average molecular weight is 278 g/mol. The predicted molar refractivity (Wildman–Crippen MR) is 80.5 cm³/mol. The van der Waals surface area contributed by atoms with E-state index < -0.39 is 5.54 Å². The van der Waals surface area contributed by atoms with Gasteiger partial charge in [-0.1, -0.05) is 37.3 Å². The summed E-state index contributed by atoms with van der Waals surface area (Å²) in [5, 5.41) is 9.70. The lowest BCUT2D eigenvalue weighted by atomic mass is 9.88. The lowest BCUT2D eigenvalue weighted by molar-refractivity contribution is -0.0323. The molecule has 112 valence electrons. The number of hydrogen-bond acceptors (Lipinski definition) is 4. The summed E-state index contributed by atoms with van der Waals surface area (Å²) in [6.45, 7) is 5.73. The lowest BCUT2D eigenvalue weighted by Crippen LogP contribution is -2.47. The van der Waals surface area contributed by atoms with Crippen LogP contribution in [-0.4, -0.2) is 49.0 Å². The fraction of sp³-hybridized carbons (Fsp3) is 0.625. The Bertz CT molecular complexity index is 399. The minimum atomic E-state index is -0.652. The van der Waals surface area contributed by atoms with Crippen LogP contribution < -0.4 is 5.73 Å². The molecule has 4 heteroatoms. The van der Waals surface area contributed by atoms with Gasteiger partial charge in [-0.2, -0.15) is 0 Å². The van der Waals surface area contributed by atoms with E-state index in [0.717, 1.165) is 44.6 Å². The van der Waals surface area contributed by atoms with Crippen molar-refractivity contribution in [3.8, 4) is 0 Å². The van der Waals surface area contributed by atoms with Crippen LogP contribution in [0.25, 0.3) is 0 Å². The standard InChI is InChI=1S/C16H26N2O2/c1-2-15-12-18(10-11-20-15)9-8-16(17,13-19)14-6-4-3-5-7-14/h3-7,15,19H,2,8-13,17H2,1H3. The third-order valence-corrected chi connectivity index (χ3v) is 4.18. The Kier molecular flexibility index (Phi) is 5.54. The number of morpholine rings is 1. The molecule has 4 nitrogen and oxygen atoms in total. The van der Waals surface area contributed by atoms with Gasteiger partial charge in [-0.3, -0.25) is 4.90 Å². The average Bonchev–Trinajstić information content (AvgIpc) is 2.53. The van der Waals surface area contributed by atoms with Crippen molar-refractivity contribution in [2.24, 2.45) is 5.73 Å². The highest BCUT2D eigenvalue weighted by molar-refractivity contribution is 5.24. The van der Waals surface area contributed by atoms with Crippen molar-refractivity contribution in [3.05, 3.63) is 35.9 Å². The van der Waals surface area contributed by atoms with Crippen LogP contribution in [0.15, 0.2) is 30.3 Å². The first-order valence-corrected chi connectivity index (χ1v) is 7.47. The molecule has 1 aromatic carbocycles. The molecule has 0 amide bonds. The highest BCUT2D eigenvalue weighted by Gasteiger charge is 2.28. The number of nitrogens with zero attached hydrogens (tertiary/aromatic N) is 1. The first kappa shape index (κ1) is 15.4. The minimum Gasteiger partial charge on any atom is -0.394 e. The molecule has 0 aliphatic carbocycles. The zero-order valence-corrected chi connectivity index (χ0v) is 12.3. The Labute approximate surface area is 121 Å². The van der Waals surface area contributed by atoms with Crippen LogP contribution in [0.1, 0.15) is 25.3 Å². The molecule has 2 unspecified atom stereocenters. The smallest absolute Gasteiger partial charge is 0.0700 e. The Morgan fingerprint density at radius 3 is 2.80 bits per heavy atom. The summed E-state index contributed by atoms with van der Waals surface area (Å²) in [7, 11) is 0. The molecule has 1 aliphatic heterocycles. The topological polar surface area (TPSA) is 58.7 Å². The highest BCUT2D eigenvalue weighted by Crippen LogP contribution is 2.22. The molecule has 2 atom stereocenters. The summed E-state index contributed by atoms with van der Waals surface area (Å²) < 4.78 is 5.68. The van der Waals surface area contributed by atoms with E-state index in [2.05, 4.69) is 11.8 Å². The summed E-state index contributed by atoms with van der Waals surface area (Å²) in [4.78, 5) is 2.39. The molecule has 3 N–H and O–H groups in total. The van der Waals surface area contributed by atoms with Gasteiger partial charge in [0.05, 0.1) is 24.9 Å². The van der Waals surface area contributed by atoms with Gasteiger partial charge in [0.1, 0.15) is 0 Å². The second-order valence-corrected chi connectivity index (χ2v) is 5.63. The van der Waals surface area contributed by atoms with Gasteiger partial charge < -0.3 is 15.6 Å². The number of aliphatic hydroxyl groups excluding tert-OH is 1. The number of ether oxygens (including phenoxy) is 1. The molecule has 0 bridgehead atoms. The number of benzene rings is 1. The largest absolute Gasteiger partial charge is 0.394 e. The van der Waals surface area contributed by atoms with Gasteiger partial charge in [0.15, 0.2) is 0 Å². The van der Waals surface area contributed by atoms with Crippen molar-refractivity contribution in [1.29, 1.82) is 0 Å². The van der Waals surface area contributed by atoms with Crippen molar-refractivity contribution < 1.29 is 9.84 Å². The van der Waals surface area contributed by atoms with Crippen LogP contribution in [0.3, 0.4) is 0 Å². The Hall–Kier alpha value is -0.940. The van der Waals surface area contributed by atoms with Crippen molar-refractivity contribution in [3.63, 3.8) is 0 Å². The van der Waals surface area contributed by atoms with E-state index >= 15 is 0 Å². The van der Waals surface area contributed by atoms with Gasteiger partial charge in [0.25, 0.3) is 0 Å². The van der Waals surface area contributed by atoms with E-state index in [1.165, 1.54) is 0 Å². The van der Waals surface area contributed by atoms with E-state index in [1.54, 1.807) is 0 Å². The molecular formula is C16H26N2O2. The van der Waals surface area contributed by atoms with E-state index in [1.807, 2.05) is 30.3 Å². The molecule has 1 saturated heterocycles. The van der Waals surface area contributed by atoms with Gasteiger partial charge >= 0.3 is 0 Å². The van der Waals surface area contributed by atoms with Crippen LogP contribution in [0.5, 0.6) is 0 Å². The quantitative estimate of drug-likeness (QED) is 0.824. The maximum Gasteiger partial charge on any atom is 0.0700 e. The number of rotatable bonds is 6. The molecule has 0 saturated carbocycles.